The summed E-state index contributed by atoms with van der Waals surface area (Å²) in [5.74, 6) is -0.985. The molecule has 0 bridgehead atoms. The Hall–Kier alpha value is -0.940. The van der Waals surface area contributed by atoms with Crippen LogP contribution in [0.5, 0.6) is 0 Å². The first-order valence-corrected chi connectivity index (χ1v) is 7.04. The second-order valence-corrected chi connectivity index (χ2v) is 5.99. The van der Waals surface area contributed by atoms with Crippen molar-refractivity contribution in [1.29, 1.82) is 0 Å². The van der Waals surface area contributed by atoms with Crippen LogP contribution in [0.1, 0.15) is 38.8 Å². The minimum Gasteiger partial charge on any atom is -0.480 e. The van der Waals surface area contributed by atoms with E-state index in [4.69, 9.17) is 0 Å². The lowest BCUT2D eigenvalue weighted by atomic mass is 10.0. The number of nitrogens with one attached hydrogen (secondary N) is 1. The van der Waals surface area contributed by atoms with Gasteiger partial charge in [0.2, 0.25) is 0 Å². The molecule has 0 aliphatic rings. The predicted molar refractivity (Wildman–Crippen MR) is 76.5 cm³/mol. The number of halogens is 2. The third kappa shape index (κ3) is 4.91. The molecule has 0 saturated carbocycles. The summed E-state index contributed by atoms with van der Waals surface area (Å²) in [6.07, 6.45) is 0.509. The van der Waals surface area contributed by atoms with Crippen LogP contribution in [-0.4, -0.2) is 17.1 Å². The zero-order valence-electron chi connectivity index (χ0n) is 11.3. The molecule has 0 radical (unpaired) electrons. The zero-order chi connectivity index (χ0) is 14.6. The van der Waals surface area contributed by atoms with E-state index in [1.54, 1.807) is 19.1 Å². The van der Waals surface area contributed by atoms with Gasteiger partial charge in [-0.15, -0.1) is 0 Å². The smallest absolute Gasteiger partial charge is 0.320 e. The standard InChI is InChI=1S/C14H19BrFNO2/c1-8(2)6-13(14(18)19)17-9(3)11-7-10(15)4-5-12(11)16/h4-5,7-9,13,17H,6H2,1-3H3,(H,18,19). The fourth-order valence-electron chi connectivity index (χ4n) is 1.95. The summed E-state index contributed by atoms with van der Waals surface area (Å²) in [6.45, 7) is 5.69. The molecule has 0 aliphatic carbocycles. The number of carboxylic acid groups (broad SMARTS) is 1. The molecular weight excluding hydrogens is 313 g/mol. The summed E-state index contributed by atoms with van der Waals surface area (Å²) >= 11 is 3.29. The molecule has 0 aliphatic heterocycles. The summed E-state index contributed by atoms with van der Waals surface area (Å²) in [6, 6.07) is 3.62. The highest BCUT2D eigenvalue weighted by molar-refractivity contribution is 9.10. The fourth-order valence-corrected chi connectivity index (χ4v) is 2.33. The minimum atomic E-state index is -0.907. The molecule has 1 aromatic carbocycles. The molecular formula is C14H19BrFNO2. The van der Waals surface area contributed by atoms with Crippen LogP contribution in [0.4, 0.5) is 4.39 Å². The first kappa shape index (κ1) is 16.1. The first-order valence-electron chi connectivity index (χ1n) is 6.25. The van der Waals surface area contributed by atoms with Crippen molar-refractivity contribution in [3.8, 4) is 0 Å². The van der Waals surface area contributed by atoms with Gasteiger partial charge in [-0.2, -0.15) is 0 Å². The van der Waals surface area contributed by atoms with E-state index in [0.29, 0.717) is 12.0 Å². The highest BCUT2D eigenvalue weighted by atomic mass is 79.9. The number of carboxylic acids is 1. The number of rotatable bonds is 6. The van der Waals surface area contributed by atoms with Gasteiger partial charge in [0.25, 0.3) is 0 Å². The van der Waals surface area contributed by atoms with Gasteiger partial charge in [-0.3, -0.25) is 10.1 Å². The molecule has 0 spiro atoms. The molecule has 1 rings (SSSR count). The van der Waals surface area contributed by atoms with Gasteiger partial charge in [0.1, 0.15) is 11.9 Å². The lowest BCUT2D eigenvalue weighted by molar-refractivity contribution is -0.140. The molecule has 0 amide bonds. The fraction of sp³-hybridized carbons (Fsp3) is 0.500. The van der Waals surface area contributed by atoms with Crippen molar-refractivity contribution in [3.05, 3.63) is 34.1 Å². The maximum absolute atomic E-state index is 13.7. The first-order chi connectivity index (χ1) is 8.81. The van der Waals surface area contributed by atoms with E-state index < -0.39 is 12.0 Å². The molecule has 2 N–H and O–H groups in total. The number of carbonyl (C=O) groups is 1. The molecule has 1 aromatic rings. The van der Waals surface area contributed by atoms with Crippen molar-refractivity contribution in [1.82, 2.24) is 5.32 Å². The number of benzene rings is 1. The van der Waals surface area contributed by atoms with E-state index in [9.17, 15) is 14.3 Å². The van der Waals surface area contributed by atoms with Gasteiger partial charge in [0, 0.05) is 16.1 Å². The van der Waals surface area contributed by atoms with Crippen molar-refractivity contribution in [3.63, 3.8) is 0 Å². The van der Waals surface area contributed by atoms with E-state index in [-0.39, 0.29) is 17.8 Å². The molecule has 19 heavy (non-hydrogen) atoms. The van der Waals surface area contributed by atoms with Gasteiger partial charge in [-0.1, -0.05) is 29.8 Å². The number of hydrogen-bond acceptors (Lipinski definition) is 2. The van der Waals surface area contributed by atoms with Crippen molar-refractivity contribution >= 4 is 21.9 Å². The summed E-state index contributed by atoms with van der Waals surface area (Å²) in [4.78, 5) is 11.2. The molecule has 2 atom stereocenters. The molecule has 2 unspecified atom stereocenters. The highest BCUT2D eigenvalue weighted by Gasteiger charge is 2.22. The van der Waals surface area contributed by atoms with Crippen molar-refractivity contribution in [2.24, 2.45) is 5.92 Å². The van der Waals surface area contributed by atoms with Gasteiger partial charge in [-0.05, 0) is 37.5 Å². The third-order valence-corrected chi connectivity index (χ3v) is 3.37. The van der Waals surface area contributed by atoms with E-state index >= 15 is 0 Å². The summed E-state index contributed by atoms with van der Waals surface area (Å²) in [5.41, 5.74) is 0.462. The van der Waals surface area contributed by atoms with E-state index in [0.717, 1.165) is 4.47 Å². The highest BCUT2D eigenvalue weighted by Crippen LogP contribution is 2.22. The van der Waals surface area contributed by atoms with E-state index in [2.05, 4.69) is 21.2 Å². The van der Waals surface area contributed by atoms with Crippen LogP contribution in [0.25, 0.3) is 0 Å². The van der Waals surface area contributed by atoms with Crippen LogP contribution >= 0.6 is 15.9 Å². The van der Waals surface area contributed by atoms with Gasteiger partial charge < -0.3 is 5.11 Å². The Labute approximate surface area is 121 Å². The van der Waals surface area contributed by atoms with Crippen LogP contribution in [0, 0.1) is 11.7 Å². The average Bonchev–Trinajstić information content (AvgIpc) is 2.30. The van der Waals surface area contributed by atoms with Crippen LogP contribution in [0.2, 0.25) is 0 Å². The maximum atomic E-state index is 13.7. The zero-order valence-corrected chi connectivity index (χ0v) is 12.9. The monoisotopic (exact) mass is 331 g/mol. The SMILES string of the molecule is CC(C)CC(NC(C)c1cc(Br)ccc1F)C(=O)O. The minimum absolute atomic E-state index is 0.258. The Morgan fingerprint density at radius 2 is 2.05 bits per heavy atom. The number of aliphatic carboxylic acids is 1. The maximum Gasteiger partial charge on any atom is 0.320 e. The lowest BCUT2D eigenvalue weighted by Gasteiger charge is -2.22. The molecule has 0 saturated heterocycles. The topological polar surface area (TPSA) is 49.3 Å². The molecule has 0 aromatic heterocycles. The second kappa shape index (κ2) is 7.01. The van der Waals surface area contributed by atoms with Crippen molar-refractivity contribution in [2.45, 2.75) is 39.3 Å². The van der Waals surface area contributed by atoms with Crippen LogP contribution < -0.4 is 5.32 Å². The second-order valence-electron chi connectivity index (χ2n) is 5.07. The quantitative estimate of drug-likeness (QED) is 0.834. The van der Waals surface area contributed by atoms with Gasteiger partial charge in [-0.25, -0.2) is 4.39 Å². The normalized spacial score (nSPS) is 14.4. The van der Waals surface area contributed by atoms with Crippen LogP contribution in [0.15, 0.2) is 22.7 Å². The Morgan fingerprint density at radius 1 is 1.42 bits per heavy atom. The Balaban J connectivity index is 2.84. The summed E-state index contributed by atoms with van der Waals surface area (Å²) in [7, 11) is 0. The molecule has 3 nitrogen and oxygen atoms in total. The van der Waals surface area contributed by atoms with E-state index in [1.807, 2.05) is 13.8 Å². The summed E-state index contributed by atoms with van der Waals surface area (Å²) in [5, 5.41) is 12.1. The lowest BCUT2D eigenvalue weighted by Crippen LogP contribution is -2.39. The van der Waals surface area contributed by atoms with Gasteiger partial charge >= 0.3 is 5.97 Å². The molecule has 0 heterocycles. The van der Waals surface area contributed by atoms with E-state index in [1.165, 1.54) is 6.07 Å². The number of hydrogen-bond donors (Lipinski definition) is 2. The molecule has 106 valence electrons. The Bertz CT molecular complexity index is 451. The van der Waals surface area contributed by atoms with Crippen molar-refractivity contribution < 1.29 is 14.3 Å². The summed E-state index contributed by atoms with van der Waals surface area (Å²) < 4.78 is 14.5. The average molecular weight is 332 g/mol. The Morgan fingerprint density at radius 3 is 2.58 bits per heavy atom. The van der Waals surface area contributed by atoms with Crippen molar-refractivity contribution in [2.75, 3.05) is 0 Å². The molecule has 0 fully saturated rings. The molecule has 5 heteroatoms. The third-order valence-electron chi connectivity index (χ3n) is 2.88. The van der Waals surface area contributed by atoms with Crippen LogP contribution in [0.3, 0.4) is 0 Å². The Kier molecular flexibility index (Phi) is 5.94. The largest absolute Gasteiger partial charge is 0.480 e. The van der Waals surface area contributed by atoms with Gasteiger partial charge in [0.15, 0.2) is 0 Å². The van der Waals surface area contributed by atoms with Gasteiger partial charge in [0.05, 0.1) is 0 Å². The van der Waals surface area contributed by atoms with Crippen LogP contribution in [-0.2, 0) is 4.79 Å². The predicted octanol–water partition coefficient (Wildman–Crippen LogP) is 3.74.